The molecule has 3 fully saturated rings. The third kappa shape index (κ3) is 2.84. The number of hydrogen-bond acceptors (Lipinski definition) is 6. The molecule has 0 spiro atoms. The minimum absolute atomic E-state index is 0.173. The summed E-state index contributed by atoms with van der Waals surface area (Å²) in [6.07, 6.45) is 1.90. The number of carbonyl (C=O) groups is 3. The largest absolute Gasteiger partial charge is 0.468 e. The average Bonchev–Trinajstić information content (AvgIpc) is 3.19. The fraction of sp³-hybridized carbons (Fsp3) is 0.571. The van der Waals surface area contributed by atoms with E-state index >= 15 is 0 Å². The second-order valence-corrected chi connectivity index (χ2v) is 7.98. The van der Waals surface area contributed by atoms with Gasteiger partial charge in [0, 0.05) is 32.7 Å². The van der Waals surface area contributed by atoms with Gasteiger partial charge >= 0.3 is 5.97 Å². The highest BCUT2D eigenvalue weighted by Gasteiger charge is 2.68. The van der Waals surface area contributed by atoms with Crippen molar-refractivity contribution < 1.29 is 23.9 Å². The molecule has 150 valence electrons. The third-order valence-corrected chi connectivity index (χ3v) is 6.56. The summed E-state index contributed by atoms with van der Waals surface area (Å²) in [5.74, 6) is -2.14. The van der Waals surface area contributed by atoms with Gasteiger partial charge < -0.3 is 9.47 Å². The zero-order chi connectivity index (χ0) is 19.9. The van der Waals surface area contributed by atoms with Crippen LogP contribution in [0.4, 0.5) is 0 Å². The summed E-state index contributed by atoms with van der Waals surface area (Å²) in [5, 5.41) is 3.46. The number of benzene rings is 1. The van der Waals surface area contributed by atoms with E-state index in [1.54, 1.807) is 0 Å². The minimum atomic E-state index is -1.25. The molecule has 7 heteroatoms. The summed E-state index contributed by atoms with van der Waals surface area (Å²) < 4.78 is 10.6. The lowest BCUT2D eigenvalue weighted by Crippen LogP contribution is -2.59. The first kappa shape index (κ1) is 19.1. The summed E-state index contributed by atoms with van der Waals surface area (Å²) in [5.41, 5.74) is -0.331. The molecule has 0 aliphatic carbocycles. The second kappa shape index (κ2) is 7.29. The van der Waals surface area contributed by atoms with Gasteiger partial charge in [0.2, 0.25) is 11.8 Å². The van der Waals surface area contributed by atoms with Gasteiger partial charge in [-0.15, -0.1) is 0 Å². The molecule has 3 aliphatic heterocycles. The SMILES string of the molecule is COC(=O)[C@]1(Cc2ccccc2)N[C@H](C2CCOCC2)[C@@H]2C(=O)N(C)C(=O)[C@@H]21. The molecule has 28 heavy (non-hydrogen) atoms. The molecular weight excluding hydrogens is 360 g/mol. The van der Waals surface area contributed by atoms with E-state index in [2.05, 4.69) is 5.32 Å². The van der Waals surface area contributed by atoms with Crippen LogP contribution in [-0.2, 0) is 30.3 Å². The number of imide groups is 1. The van der Waals surface area contributed by atoms with Crippen molar-refractivity contribution in [3.63, 3.8) is 0 Å². The highest BCUT2D eigenvalue weighted by molar-refractivity contribution is 6.09. The van der Waals surface area contributed by atoms with Gasteiger partial charge in [-0.1, -0.05) is 30.3 Å². The van der Waals surface area contributed by atoms with Gasteiger partial charge in [-0.3, -0.25) is 24.6 Å². The number of likely N-dealkylation sites (tertiary alicyclic amines) is 1. The van der Waals surface area contributed by atoms with E-state index in [-0.39, 0.29) is 23.8 Å². The van der Waals surface area contributed by atoms with Gasteiger partial charge in [0.1, 0.15) is 5.54 Å². The summed E-state index contributed by atoms with van der Waals surface area (Å²) in [7, 11) is 2.84. The number of amides is 2. The average molecular weight is 386 g/mol. The standard InChI is InChI=1S/C21H26N2O5/c1-23-18(24)15-16(19(23)25)21(20(26)27-2,12-13-6-4-3-5-7-13)22-17(15)14-8-10-28-11-9-14/h3-7,14-17,22H,8-12H2,1-2H3/t15-,16-,17-,21-/m1/s1. The fourth-order valence-corrected chi connectivity index (χ4v) is 5.20. The van der Waals surface area contributed by atoms with E-state index < -0.39 is 23.3 Å². The van der Waals surface area contributed by atoms with Crippen LogP contribution in [0.2, 0.25) is 0 Å². The zero-order valence-corrected chi connectivity index (χ0v) is 16.2. The van der Waals surface area contributed by atoms with Crippen LogP contribution in [0.15, 0.2) is 30.3 Å². The van der Waals surface area contributed by atoms with Crippen LogP contribution in [0.1, 0.15) is 18.4 Å². The molecule has 4 rings (SSSR count). The number of nitrogens with one attached hydrogen (secondary N) is 1. The predicted octanol–water partition coefficient (Wildman–Crippen LogP) is 0.770. The van der Waals surface area contributed by atoms with E-state index in [9.17, 15) is 14.4 Å². The molecule has 0 bridgehead atoms. The molecule has 2 amide bonds. The predicted molar refractivity (Wildman–Crippen MR) is 100 cm³/mol. The maximum Gasteiger partial charge on any atom is 0.327 e. The van der Waals surface area contributed by atoms with E-state index in [1.165, 1.54) is 19.1 Å². The van der Waals surface area contributed by atoms with E-state index in [0.29, 0.717) is 19.6 Å². The van der Waals surface area contributed by atoms with Crippen LogP contribution in [0, 0.1) is 17.8 Å². The summed E-state index contributed by atoms with van der Waals surface area (Å²) in [4.78, 5) is 40.3. The lowest BCUT2D eigenvalue weighted by Gasteiger charge is -2.34. The Balaban J connectivity index is 1.78. The number of hydrogen-bond donors (Lipinski definition) is 1. The molecule has 1 aromatic rings. The zero-order valence-electron chi connectivity index (χ0n) is 16.2. The molecule has 0 unspecified atom stereocenters. The Hall–Kier alpha value is -2.25. The van der Waals surface area contributed by atoms with Crippen molar-refractivity contribution in [1.29, 1.82) is 0 Å². The molecule has 3 aliphatic rings. The topological polar surface area (TPSA) is 84.9 Å². The molecule has 3 saturated heterocycles. The highest BCUT2D eigenvalue weighted by atomic mass is 16.5. The Morgan fingerprint density at radius 1 is 1.21 bits per heavy atom. The van der Waals surface area contributed by atoms with Gasteiger partial charge in [0.05, 0.1) is 18.9 Å². The van der Waals surface area contributed by atoms with Crippen molar-refractivity contribution in [2.45, 2.75) is 30.8 Å². The lowest BCUT2D eigenvalue weighted by atomic mass is 9.75. The second-order valence-electron chi connectivity index (χ2n) is 7.98. The Bertz CT molecular complexity index is 776. The first-order chi connectivity index (χ1) is 13.5. The van der Waals surface area contributed by atoms with Crippen molar-refractivity contribution in [2.24, 2.45) is 17.8 Å². The van der Waals surface area contributed by atoms with E-state index in [0.717, 1.165) is 18.4 Å². The maximum absolute atomic E-state index is 13.1. The van der Waals surface area contributed by atoms with E-state index in [4.69, 9.17) is 9.47 Å². The van der Waals surface area contributed by atoms with Crippen molar-refractivity contribution in [3.05, 3.63) is 35.9 Å². The van der Waals surface area contributed by atoms with Crippen molar-refractivity contribution >= 4 is 17.8 Å². The Kier molecular flexibility index (Phi) is 4.97. The van der Waals surface area contributed by atoms with Gasteiger partial charge in [-0.25, -0.2) is 0 Å². The number of esters is 1. The Morgan fingerprint density at radius 2 is 1.89 bits per heavy atom. The van der Waals surface area contributed by atoms with Crippen molar-refractivity contribution in [3.8, 4) is 0 Å². The number of carbonyl (C=O) groups excluding carboxylic acids is 3. The van der Waals surface area contributed by atoms with Crippen LogP contribution >= 0.6 is 0 Å². The molecule has 0 saturated carbocycles. The Morgan fingerprint density at radius 3 is 2.54 bits per heavy atom. The van der Waals surface area contributed by atoms with Gasteiger partial charge in [-0.05, 0) is 24.3 Å². The number of rotatable bonds is 4. The first-order valence-electron chi connectivity index (χ1n) is 9.79. The van der Waals surface area contributed by atoms with Gasteiger partial charge in [-0.2, -0.15) is 0 Å². The van der Waals surface area contributed by atoms with Crippen LogP contribution in [0.5, 0.6) is 0 Å². The first-order valence-corrected chi connectivity index (χ1v) is 9.79. The fourth-order valence-electron chi connectivity index (χ4n) is 5.20. The summed E-state index contributed by atoms with van der Waals surface area (Å²) in [6, 6.07) is 9.30. The van der Waals surface area contributed by atoms with Crippen molar-refractivity contribution in [1.82, 2.24) is 10.2 Å². The van der Waals surface area contributed by atoms with Crippen LogP contribution in [-0.4, -0.2) is 61.6 Å². The number of methoxy groups -OCH3 is 1. The van der Waals surface area contributed by atoms with Crippen LogP contribution < -0.4 is 5.32 Å². The molecule has 1 N–H and O–H groups in total. The monoisotopic (exact) mass is 386 g/mol. The number of fused-ring (bicyclic) bond motifs is 1. The van der Waals surface area contributed by atoms with Crippen LogP contribution in [0.3, 0.4) is 0 Å². The van der Waals surface area contributed by atoms with Gasteiger partial charge in [0.15, 0.2) is 0 Å². The van der Waals surface area contributed by atoms with Crippen molar-refractivity contribution in [2.75, 3.05) is 27.4 Å². The summed E-state index contributed by atoms with van der Waals surface area (Å²) in [6.45, 7) is 1.25. The maximum atomic E-state index is 13.1. The third-order valence-electron chi connectivity index (χ3n) is 6.56. The van der Waals surface area contributed by atoms with Gasteiger partial charge in [0.25, 0.3) is 0 Å². The molecule has 3 heterocycles. The molecule has 4 atom stereocenters. The molecule has 0 radical (unpaired) electrons. The normalized spacial score (nSPS) is 33.2. The molecule has 1 aromatic carbocycles. The van der Waals surface area contributed by atoms with E-state index in [1.807, 2.05) is 30.3 Å². The summed E-state index contributed by atoms with van der Waals surface area (Å²) >= 11 is 0. The molecule has 0 aromatic heterocycles. The molecular formula is C21H26N2O5. The minimum Gasteiger partial charge on any atom is -0.468 e. The highest BCUT2D eigenvalue weighted by Crippen LogP contribution is 2.47. The quantitative estimate of drug-likeness (QED) is 0.608. The lowest BCUT2D eigenvalue weighted by molar-refractivity contribution is -0.154. The van der Waals surface area contributed by atoms with Crippen LogP contribution in [0.25, 0.3) is 0 Å². The smallest absolute Gasteiger partial charge is 0.327 e. The molecule has 7 nitrogen and oxygen atoms in total. The number of ether oxygens (including phenoxy) is 2. The number of nitrogens with zero attached hydrogens (tertiary/aromatic N) is 1. The Labute approximate surface area is 164 Å².